The highest BCUT2D eigenvalue weighted by molar-refractivity contribution is 5.83. The molecule has 0 saturated carbocycles. The number of fused-ring (bicyclic) bond motifs is 1. The Balaban J connectivity index is 2.03. The number of benzene rings is 2. The zero-order valence-corrected chi connectivity index (χ0v) is 11.5. The average molecular weight is 273 g/mol. The Morgan fingerprint density at radius 1 is 1.20 bits per heavy atom. The van der Waals surface area contributed by atoms with Crippen LogP contribution in [-0.2, 0) is 4.79 Å². The number of carboxylic acid groups (broad SMARTS) is 1. The fourth-order valence-electron chi connectivity index (χ4n) is 2.19. The molecule has 0 aromatic heterocycles. The molecule has 2 N–H and O–H groups in total. The van der Waals surface area contributed by atoms with Crippen LogP contribution in [0.4, 0.5) is 0 Å². The van der Waals surface area contributed by atoms with Crippen molar-refractivity contribution < 1.29 is 15.0 Å². The van der Waals surface area contributed by atoms with Crippen molar-refractivity contribution in [3.63, 3.8) is 0 Å². The fraction of sp³-hybridized carbons (Fsp3) is 0.312. The van der Waals surface area contributed by atoms with Crippen LogP contribution in [0.1, 0.15) is 18.1 Å². The predicted octanol–water partition coefficient (Wildman–Crippen LogP) is 2.28. The maximum absolute atomic E-state index is 10.5. The van der Waals surface area contributed by atoms with Crippen molar-refractivity contribution in [2.45, 2.75) is 12.5 Å². The molecule has 2 rings (SSSR count). The molecule has 0 bridgehead atoms. The first-order valence-corrected chi connectivity index (χ1v) is 6.63. The van der Waals surface area contributed by atoms with Crippen LogP contribution in [0.15, 0.2) is 42.5 Å². The lowest BCUT2D eigenvalue weighted by molar-refractivity contribution is -0.137. The molecule has 0 fully saturated rings. The van der Waals surface area contributed by atoms with Gasteiger partial charge in [0, 0.05) is 13.1 Å². The zero-order valence-electron chi connectivity index (χ0n) is 11.5. The molecule has 0 aliphatic rings. The summed E-state index contributed by atoms with van der Waals surface area (Å²) in [5.74, 6) is -0.822. The molecule has 0 aliphatic heterocycles. The number of hydrogen-bond acceptors (Lipinski definition) is 3. The van der Waals surface area contributed by atoms with Crippen LogP contribution in [0.25, 0.3) is 10.8 Å². The molecule has 0 spiro atoms. The summed E-state index contributed by atoms with van der Waals surface area (Å²) in [7, 11) is 1.81. The summed E-state index contributed by atoms with van der Waals surface area (Å²) < 4.78 is 0. The van der Waals surface area contributed by atoms with Gasteiger partial charge in [0.25, 0.3) is 0 Å². The van der Waals surface area contributed by atoms with Gasteiger partial charge >= 0.3 is 5.97 Å². The first-order chi connectivity index (χ1) is 9.56. The monoisotopic (exact) mass is 273 g/mol. The predicted molar refractivity (Wildman–Crippen MR) is 78.7 cm³/mol. The molecular weight excluding hydrogens is 254 g/mol. The second-order valence-electron chi connectivity index (χ2n) is 5.03. The smallest absolute Gasteiger partial charge is 0.304 e. The molecule has 1 unspecified atom stereocenters. The third-order valence-electron chi connectivity index (χ3n) is 3.35. The van der Waals surface area contributed by atoms with Crippen molar-refractivity contribution >= 4 is 16.7 Å². The van der Waals surface area contributed by atoms with Gasteiger partial charge in [-0.05, 0) is 29.4 Å². The Labute approximate surface area is 118 Å². The highest BCUT2D eigenvalue weighted by Crippen LogP contribution is 2.20. The van der Waals surface area contributed by atoms with E-state index in [2.05, 4.69) is 0 Å². The molecule has 0 saturated heterocycles. The maximum atomic E-state index is 10.5. The SMILES string of the molecule is CN(CCC(=O)O)CC(O)c1ccc2ccccc2c1. The van der Waals surface area contributed by atoms with Crippen LogP contribution in [0.3, 0.4) is 0 Å². The second kappa shape index (κ2) is 6.50. The number of likely N-dealkylation sites (N-methyl/N-ethyl adjacent to an activating group) is 1. The largest absolute Gasteiger partial charge is 0.481 e. The van der Waals surface area contributed by atoms with Crippen LogP contribution < -0.4 is 0 Å². The lowest BCUT2D eigenvalue weighted by Crippen LogP contribution is -2.27. The van der Waals surface area contributed by atoms with Gasteiger partial charge in [-0.2, -0.15) is 0 Å². The molecule has 106 valence electrons. The molecule has 2 aromatic carbocycles. The second-order valence-corrected chi connectivity index (χ2v) is 5.03. The van der Waals surface area contributed by atoms with Gasteiger partial charge in [-0.25, -0.2) is 0 Å². The van der Waals surface area contributed by atoms with Crippen molar-refractivity contribution in [2.24, 2.45) is 0 Å². The first kappa shape index (κ1) is 14.5. The molecular formula is C16H19NO3. The number of carbonyl (C=O) groups is 1. The molecule has 4 nitrogen and oxygen atoms in total. The molecule has 4 heteroatoms. The van der Waals surface area contributed by atoms with Gasteiger partial charge < -0.3 is 15.1 Å². The standard InChI is InChI=1S/C16H19NO3/c1-17(9-8-16(19)20)11-15(18)14-7-6-12-4-2-3-5-13(12)10-14/h2-7,10,15,18H,8-9,11H2,1H3,(H,19,20). The molecule has 20 heavy (non-hydrogen) atoms. The minimum Gasteiger partial charge on any atom is -0.481 e. The van der Waals surface area contributed by atoms with E-state index in [1.54, 1.807) is 0 Å². The highest BCUT2D eigenvalue weighted by atomic mass is 16.4. The van der Waals surface area contributed by atoms with E-state index >= 15 is 0 Å². The molecule has 2 aromatic rings. The molecule has 0 aliphatic carbocycles. The summed E-state index contributed by atoms with van der Waals surface area (Å²) in [4.78, 5) is 12.3. The van der Waals surface area contributed by atoms with Crippen molar-refractivity contribution in [1.82, 2.24) is 4.90 Å². The van der Waals surface area contributed by atoms with Crippen molar-refractivity contribution in [2.75, 3.05) is 20.1 Å². The number of carboxylic acids is 1. The first-order valence-electron chi connectivity index (χ1n) is 6.63. The minimum atomic E-state index is -0.822. The van der Waals surface area contributed by atoms with Crippen LogP contribution in [0.2, 0.25) is 0 Å². The summed E-state index contributed by atoms with van der Waals surface area (Å²) in [5.41, 5.74) is 0.853. The molecule has 0 amide bonds. The summed E-state index contributed by atoms with van der Waals surface area (Å²) >= 11 is 0. The van der Waals surface area contributed by atoms with E-state index in [1.165, 1.54) is 0 Å². The average Bonchev–Trinajstić information content (AvgIpc) is 2.44. The molecule has 1 atom stereocenters. The van der Waals surface area contributed by atoms with E-state index in [1.807, 2.05) is 54.4 Å². The van der Waals surface area contributed by atoms with E-state index in [0.29, 0.717) is 13.1 Å². The fourth-order valence-corrected chi connectivity index (χ4v) is 2.19. The van der Waals surface area contributed by atoms with E-state index in [-0.39, 0.29) is 6.42 Å². The molecule has 0 heterocycles. The van der Waals surface area contributed by atoms with Gasteiger partial charge in [-0.3, -0.25) is 4.79 Å². The maximum Gasteiger partial charge on any atom is 0.304 e. The van der Waals surface area contributed by atoms with E-state index in [4.69, 9.17) is 5.11 Å². The van der Waals surface area contributed by atoms with Gasteiger partial charge in [0.05, 0.1) is 12.5 Å². The summed E-state index contributed by atoms with van der Waals surface area (Å²) in [6.07, 6.45) is -0.528. The summed E-state index contributed by atoms with van der Waals surface area (Å²) in [6, 6.07) is 13.9. The van der Waals surface area contributed by atoms with Gasteiger partial charge in [0.15, 0.2) is 0 Å². The van der Waals surface area contributed by atoms with E-state index in [9.17, 15) is 9.90 Å². The molecule has 0 radical (unpaired) electrons. The number of hydrogen-bond donors (Lipinski definition) is 2. The lowest BCUT2D eigenvalue weighted by atomic mass is 10.0. The number of aliphatic carboxylic acids is 1. The number of nitrogens with zero attached hydrogens (tertiary/aromatic N) is 1. The number of aliphatic hydroxyl groups is 1. The van der Waals surface area contributed by atoms with Crippen LogP contribution >= 0.6 is 0 Å². The lowest BCUT2D eigenvalue weighted by Gasteiger charge is -2.20. The Morgan fingerprint density at radius 2 is 1.90 bits per heavy atom. The van der Waals surface area contributed by atoms with Crippen LogP contribution in [0.5, 0.6) is 0 Å². The third kappa shape index (κ3) is 3.79. The minimum absolute atomic E-state index is 0.0843. The zero-order chi connectivity index (χ0) is 14.5. The Bertz CT molecular complexity index is 597. The van der Waals surface area contributed by atoms with Crippen LogP contribution in [0, 0.1) is 0 Å². The summed E-state index contributed by atoms with van der Waals surface area (Å²) in [6.45, 7) is 0.853. The highest BCUT2D eigenvalue weighted by Gasteiger charge is 2.12. The normalized spacial score (nSPS) is 12.8. The Kier molecular flexibility index (Phi) is 4.71. The topological polar surface area (TPSA) is 60.8 Å². The van der Waals surface area contributed by atoms with Gasteiger partial charge in [0.2, 0.25) is 0 Å². The van der Waals surface area contributed by atoms with Crippen LogP contribution in [-0.4, -0.2) is 41.2 Å². The Hall–Kier alpha value is -1.91. The van der Waals surface area contributed by atoms with Gasteiger partial charge in [0.1, 0.15) is 0 Å². The van der Waals surface area contributed by atoms with Crippen molar-refractivity contribution in [3.05, 3.63) is 48.0 Å². The quantitative estimate of drug-likeness (QED) is 0.847. The Morgan fingerprint density at radius 3 is 2.60 bits per heavy atom. The third-order valence-corrected chi connectivity index (χ3v) is 3.35. The number of rotatable bonds is 6. The van der Waals surface area contributed by atoms with Crippen molar-refractivity contribution in [1.29, 1.82) is 0 Å². The van der Waals surface area contributed by atoms with Crippen molar-refractivity contribution in [3.8, 4) is 0 Å². The van der Waals surface area contributed by atoms with Gasteiger partial charge in [-0.1, -0.05) is 36.4 Å². The van der Waals surface area contributed by atoms with Gasteiger partial charge in [-0.15, -0.1) is 0 Å². The van der Waals surface area contributed by atoms with E-state index < -0.39 is 12.1 Å². The number of aliphatic hydroxyl groups excluding tert-OH is 1. The summed E-state index contributed by atoms with van der Waals surface area (Å²) in [5, 5.41) is 21.1. The van der Waals surface area contributed by atoms with E-state index in [0.717, 1.165) is 16.3 Å².